The minimum atomic E-state index is 0.863. The highest BCUT2D eigenvalue weighted by atomic mass is 15.2. The van der Waals surface area contributed by atoms with E-state index < -0.39 is 0 Å². The zero-order chi connectivity index (χ0) is 6.24. The fraction of sp³-hybridized carbons (Fsp3) is 1.00. The molecule has 0 saturated heterocycles. The Labute approximate surface area is 49.6 Å². The maximum absolute atomic E-state index is 5.01. The summed E-state index contributed by atoms with van der Waals surface area (Å²) in [4.78, 5) is 0. The van der Waals surface area contributed by atoms with Gasteiger partial charge in [-0.3, -0.25) is 22.5 Å². The molecule has 8 heavy (non-hydrogen) atoms. The van der Waals surface area contributed by atoms with Crippen LogP contribution in [0.5, 0.6) is 0 Å². The summed E-state index contributed by atoms with van der Waals surface area (Å²) in [5.41, 5.74) is 5.12. The summed E-state index contributed by atoms with van der Waals surface area (Å²) in [7, 11) is 0. The Bertz CT molecular complexity index is 33.0. The Hall–Kier alpha value is -0.160. The third kappa shape index (κ3) is 5.84. The molecule has 4 heteroatoms. The average Bonchev–Trinajstić information content (AvgIpc) is 1.81. The lowest BCUT2D eigenvalue weighted by molar-refractivity contribution is 0.605. The van der Waals surface area contributed by atoms with Gasteiger partial charge in [0.15, 0.2) is 0 Å². The molecule has 0 unspecified atom stereocenters. The summed E-state index contributed by atoms with van der Waals surface area (Å²) in [6.07, 6.45) is 2.14. The standard InChI is InChI=1S/C4H14N4/c5-7-3-1-2-4-8-6/h7-8H,1-6H2. The number of nitrogens with one attached hydrogen (secondary N) is 2. The number of hydrogen-bond donors (Lipinski definition) is 4. The first-order valence-corrected chi connectivity index (χ1v) is 2.78. The van der Waals surface area contributed by atoms with E-state index in [-0.39, 0.29) is 0 Å². The summed E-state index contributed by atoms with van der Waals surface area (Å²) in [5, 5.41) is 0. The van der Waals surface area contributed by atoms with Crippen molar-refractivity contribution in [1.29, 1.82) is 0 Å². The van der Waals surface area contributed by atoms with Gasteiger partial charge < -0.3 is 0 Å². The van der Waals surface area contributed by atoms with E-state index in [4.69, 9.17) is 11.7 Å². The first kappa shape index (κ1) is 7.84. The molecule has 0 amide bonds. The molecule has 6 N–H and O–H groups in total. The molecule has 0 spiro atoms. The molecular formula is C4H14N4. The summed E-state index contributed by atoms with van der Waals surface area (Å²) in [6, 6.07) is 0. The highest BCUT2D eigenvalue weighted by Gasteiger charge is 1.82. The minimum absolute atomic E-state index is 0.863. The van der Waals surface area contributed by atoms with Gasteiger partial charge in [0, 0.05) is 13.1 Å². The van der Waals surface area contributed by atoms with Crippen molar-refractivity contribution in [3.8, 4) is 0 Å². The number of hydrazine groups is 2. The molecular weight excluding hydrogens is 104 g/mol. The van der Waals surface area contributed by atoms with Crippen molar-refractivity contribution in [2.24, 2.45) is 11.7 Å². The van der Waals surface area contributed by atoms with Gasteiger partial charge in [-0.2, -0.15) is 0 Å². The van der Waals surface area contributed by atoms with Gasteiger partial charge in [0.05, 0.1) is 0 Å². The number of rotatable bonds is 5. The molecule has 0 radical (unpaired) electrons. The third-order valence-electron chi connectivity index (χ3n) is 0.892. The monoisotopic (exact) mass is 118 g/mol. The normalized spacial score (nSPS) is 9.75. The third-order valence-corrected chi connectivity index (χ3v) is 0.892. The van der Waals surface area contributed by atoms with Gasteiger partial charge in [0.2, 0.25) is 0 Å². The smallest absolute Gasteiger partial charge is 0.00978 e. The quantitative estimate of drug-likeness (QED) is 0.205. The van der Waals surface area contributed by atoms with E-state index in [1.807, 2.05) is 0 Å². The van der Waals surface area contributed by atoms with E-state index in [0.717, 1.165) is 25.9 Å². The van der Waals surface area contributed by atoms with Gasteiger partial charge in [0.25, 0.3) is 0 Å². The fourth-order valence-electron chi connectivity index (χ4n) is 0.454. The molecule has 0 aliphatic carbocycles. The number of nitrogens with two attached hydrogens (primary N) is 2. The molecule has 0 aliphatic rings. The van der Waals surface area contributed by atoms with Crippen LogP contribution < -0.4 is 22.5 Å². The van der Waals surface area contributed by atoms with E-state index in [1.165, 1.54) is 0 Å². The molecule has 0 atom stereocenters. The molecule has 0 aromatic heterocycles. The highest BCUT2D eigenvalue weighted by Crippen LogP contribution is 1.80. The zero-order valence-electron chi connectivity index (χ0n) is 4.98. The van der Waals surface area contributed by atoms with Gasteiger partial charge in [-0.15, -0.1) is 0 Å². The lowest BCUT2D eigenvalue weighted by Gasteiger charge is -1.96. The minimum Gasteiger partial charge on any atom is -0.271 e. The molecule has 0 heterocycles. The van der Waals surface area contributed by atoms with E-state index in [0.29, 0.717) is 0 Å². The van der Waals surface area contributed by atoms with Crippen molar-refractivity contribution >= 4 is 0 Å². The molecule has 4 nitrogen and oxygen atoms in total. The van der Waals surface area contributed by atoms with Gasteiger partial charge in [-0.1, -0.05) is 0 Å². The SMILES string of the molecule is NNCCCCNN. The molecule has 0 aromatic carbocycles. The predicted molar refractivity (Wildman–Crippen MR) is 33.6 cm³/mol. The summed E-state index contributed by atoms with van der Waals surface area (Å²) in [6.45, 7) is 1.73. The van der Waals surface area contributed by atoms with Gasteiger partial charge in [-0.05, 0) is 12.8 Å². The van der Waals surface area contributed by atoms with Crippen LogP contribution in [0, 0.1) is 0 Å². The lowest BCUT2D eigenvalue weighted by atomic mass is 10.3. The molecule has 50 valence electrons. The van der Waals surface area contributed by atoms with Crippen LogP contribution in [0.3, 0.4) is 0 Å². The van der Waals surface area contributed by atoms with Crippen LogP contribution in [0.25, 0.3) is 0 Å². The van der Waals surface area contributed by atoms with Crippen LogP contribution >= 0.6 is 0 Å². The maximum Gasteiger partial charge on any atom is 0.00978 e. The second-order valence-corrected chi connectivity index (χ2v) is 1.62. The predicted octanol–water partition coefficient (Wildman–Crippen LogP) is -1.31. The summed E-state index contributed by atoms with van der Waals surface area (Å²) < 4.78 is 0. The second-order valence-electron chi connectivity index (χ2n) is 1.62. The van der Waals surface area contributed by atoms with Crippen molar-refractivity contribution in [1.82, 2.24) is 10.9 Å². The van der Waals surface area contributed by atoms with Gasteiger partial charge >= 0.3 is 0 Å². The second kappa shape index (κ2) is 6.84. The molecule has 0 bridgehead atoms. The number of hydrogen-bond acceptors (Lipinski definition) is 4. The van der Waals surface area contributed by atoms with Crippen molar-refractivity contribution in [2.45, 2.75) is 12.8 Å². The Kier molecular flexibility index (Phi) is 6.70. The van der Waals surface area contributed by atoms with Crippen LogP contribution in [-0.2, 0) is 0 Å². The van der Waals surface area contributed by atoms with Crippen molar-refractivity contribution in [2.75, 3.05) is 13.1 Å². The van der Waals surface area contributed by atoms with Crippen molar-refractivity contribution < 1.29 is 0 Å². The first-order chi connectivity index (χ1) is 3.91. The molecule has 0 saturated carbocycles. The molecule has 0 aromatic rings. The Balaban J connectivity index is 2.53. The van der Waals surface area contributed by atoms with Crippen LogP contribution in [0.2, 0.25) is 0 Å². The number of unbranched alkanes of at least 4 members (excludes halogenated alkanes) is 1. The summed E-state index contributed by atoms with van der Waals surface area (Å²) in [5.74, 6) is 10.0. The van der Waals surface area contributed by atoms with Gasteiger partial charge in [-0.25, -0.2) is 0 Å². The van der Waals surface area contributed by atoms with Crippen LogP contribution in [0.1, 0.15) is 12.8 Å². The topological polar surface area (TPSA) is 76.1 Å². The zero-order valence-corrected chi connectivity index (χ0v) is 4.98. The average molecular weight is 118 g/mol. The van der Waals surface area contributed by atoms with E-state index in [9.17, 15) is 0 Å². The van der Waals surface area contributed by atoms with Crippen LogP contribution in [-0.4, -0.2) is 13.1 Å². The van der Waals surface area contributed by atoms with E-state index >= 15 is 0 Å². The Morgan fingerprint density at radius 2 is 1.25 bits per heavy atom. The summed E-state index contributed by atoms with van der Waals surface area (Å²) >= 11 is 0. The first-order valence-electron chi connectivity index (χ1n) is 2.78. The van der Waals surface area contributed by atoms with Crippen molar-refractivity contribution in [3.63, 3.8) is 0 Å². The largest absolute Gasteiger partial charge is 0.271 e. The fourth-order valence-corrected chi connectivity index (χ4v) is 0.454. The Morgan fingerprint density at radius 3 is 1.50 bits per heavy atom. The molecule has 0 rings (SSSR count). The van der Waals surface area contributed by atoms with Gasteiger partial charge in [0.1, 0.15) is 0 Å². The van der Waals surface area contributed by atoms with E-state index in [1.54, 1.807) is 0 Å². The van der Waals surface area contributed by atoms with E-state index in [2.05, 4.69) is 10.9 Å². The molecule has 0 aliphatic heterocycles. The van der Waals surface area contributed by atoms with Crippen LogP contribution in [0.4, 0.5) is 0 Å². The lowest BCUT2D eigenvalue weighted by Crippen LogP contribution is -2.26. The molecule has 0 fully saturated rings. The van der Waals surface area contributed by atoms with Crippen molar-refractivity contribution in [3.05, 3.63) is 0 Å². The maximum atomic E-state index is 5.01. The highest BCUT2D eigenvalue weighted by molar-refractivity contribution is 4.42. The van der Waals surface area contributed by atoms with Crippen LogP contribution in [0.15, 0.2) is 0 Å². The Morgan fingerprint density at radius 1 is 0.875 bits per heavy atom.